The lowest BCUT2D eigenvalue weighted by molar-refractivity contribution is -0.145. The van der Waals surface area contributed by atoms with Gasteiger partial charge in [0, 0.05) is 6.04 Å². The van der Waals surface area contributed by atoms with Crippen LogP contribution in [0.2, 0.25) is 0 Å². The molecule has 0 aromatic heterocycles. The Bertz CT molecular complexity index is 217. The molecule has 0 aromatic carbocycles. The lowest BCUT2D eigenvalue weighted by Gasteiger charge is -2.28. The molecule has 1 aliphatic heterocycles. The van der Waals surface area contributed by atoms with Crippen LogP contribution in [0.15, 0.2) is 0 Å². The molecule has 0 radical (unpaired) electrons. The van der Waals surface area contributed by atoms with Gasteiger partial charge < -0.3 is 5.11 Å². The molecule has 3 heteroatoms. The first kappa shape index (κ1) is 9.00. The van der Waals surface area contributed by atoms with Gasteiger partial charge in [-0.25, -0.2) is 0 Å². The molecule has 2 fully saturated rings. The summed E-state index contributed by atoms with van der Waals surface area (Å²) in [6, 6.07) is 0.243. The van der Waals surface area contributed by atoms with Gasteiger partial charge in [-0.1, -0.05) is 0 Å². The Kier molecular flexibility index (Phi) is 2.06. The zero-order chi connectivity index (χ0) is 9.47. The van der Waals surface area contributed by atoms with Crippen molar-refractivity contribution in [3.05, 3.63) is 0 Å². The molecule has 74 valence electrons. The van der Waals surface area contributed by atoms with Crippen LogP contribution in [0.3, 0.4) is 0 Å². The molecule has 1 heterocycles. The number of carbonyl (C=O) groups is 1. The molecule has 0 aromatic rings. The number of hydrogen-bond acceptors (Lipinski definition) is 2. The predicted octanol–water partition coefficient (Wildman–Crippen LogP) is 1.34. The summed E-state index contributed by atoms with van der Waals surface area (Å²) in [7, 11) is 0. The molecule has 1 saturated carbocycles. The minimum Gasteiger partial charge on any atom is -0.481 e. The Morgan fingerprint density at radius 3 is 2.31 bits per heavy atom. The molecule has 1 N–H and O–H groups in total. The lowest BCUT2D eigenvalue weighted by atomic mass is 9.97. The van der Waals surface area contributed by atoms with E-state index >= 15 is 0 Å². The summed E-state index contributed by atoms with van der Waals surface area (Å²) in [5, 5.41) is 9.11. The average molecular weight is 183 g/mol. The number of likely N-dealkylation sites (tertiary alicyclic amines) is 1. The van der Waals surface area contributed by atoms with Crippen molar-refractivity contribution in [3.63, 3.8) is 0 Å². The number of hydrogen-bond donors (Lipinski definition) is 1. The Morgan fingerprint density at radius 1 is 1.38 bits per heavy atom. The SMILES string of the molecule is CC(N1CCCC1)C1(C(=O)O)CC1. The van der Waals surface area contributed by atoms with E-state index in [0.717, 1.165) is 25.9 Å². The normalized spacial score (nSPS) is 28.7. The third kappa shape index (κ3) is 1.35. The minimum atomic E-state index is -0.591. The largest absolute Gasteiger partial charge is 0.481 e. The van der Waals surface area contributed by atoms with Crippen molar-refractivity contribution in [2.75, 3.05) is 13.1 Å². The Hall–Kier alpha value is -0.570. The fourth-order valence-corrected chi connectivity index (χ4v) is 2.42. The van der Waals surface area contributed by atoms with Crippen molar-refractivity contribution >= 4 is 5.97 Å². The summed E-state index contributed by atoms with van der Waals surface area (Å²) >= 11 is 0. The van der Waals surface area contributed by atoms with Crippen LogP contribution in [-0.4, -0.2) is 35.1 Å². The maximum atomic E-state index is 11.1. The molecule has 2 rings (SSSR count). The van der Waals surface area contributed by atoms with Gasteiger partial charge in [0.2, 0.25) is 0 Å². The maximum absolute atomic E-state index is 11.1. The number of carboxylic acid groups (broad SMARTS) is 1. The molecule has 0 amide bonds. The molecule has 1 aliphatic carbocycles. The van der Waals surface area contributed by atoms with Crippen LogP contribution in [0.1, 0.15) is 32.6 Å². The van der Waals surface area contributed by atoms with Gasteiger partial charge in [0.15, 0.2) is 0 Å². The second-order valence-corrected chi connectivity index (χ2v) is 4.38. The number of carboxylic acids is 1. The topological polar surface area (TPSA) is 40.5 Å². The van der Waals surface area contributed by atoms with Crippen molar-refractivity contribution in [1.29, 1.82) is 0 Å². The third-order valence-electron chi connectivity index (χ3n) is 3.70. The molecule has 13 heavy (non-hydrogen) atoms. The highest BCUT2D eigenvalue weighted by Gasteiger charge is 2.56. The van der Waals surface area contributed by atoms with E-state index in [0.29, 0.717) is 0 Å². The maximum Gasteiger partial charge on any atom is 0.311 e. The van der Waals surface area contributed by atoms with E-state index in [2.05, 4.69) is 11.8 Å². The highest BCUT2D eigenvalue weighted by molar-refractivity contribution is 5.78. The van der Waals surface area contributed by atoms with Gasteiger partial charge >= 0.3 is 5.97 Å². The number of rotatable bonds is 3. The van der Waals surface area contributed by atoms with Gasteiger partial charge in [-0.15, -0.1) is 0 Å². The Balaban J connectivity index is 2.03. The lowest BCUT2D eigenvalue weighted by Crippen LogP contribution is -2.41. The smallest absolute Gasteiger partial charge is 0.311 e. The van der Waals surface area contributed by atoms with Gasteiger partial charge in [-0.2, -0.15) is 0 Å². The zero-order valence-electron chi connectivity index (χ0n) is 8.12. The molecular formula is C10H17NO2. The Morgan fingerprint density at radius 2 is 1.92 bits per heavy atom. The average Bonchev–Trinajstić information content (AvgIpc) is 2.74. The van der Waals surface area contributed by atoms with E-state index in [1.54, 1.807) is 0 Å². The van der Waals surface area contributed by atoms with Crippen LogP contribution in [-0.2, 0) is 4.79 Å². The molecule has 1 saturated heterocycles. The fourth-order valence-electron chi connectivity index (χ4n) is 2.42. The molecule has 2 aliphatic rings. The Labute approximate surface area is 78.7 Å². The van der Waals surface area contributed by atoms with Crippen LogP contribution in [0, 0.1) is 5.41 Å². The molecule has 1 unspecified atom stereocenters. The van der Waals surface area contributed by atoms with Crippen molar-refractivity contribution in [1.82, 2.24) is 4.90 Å². The third-order valence-corrected chi connectivity index (χ3v) is 3.70. The summed E-state index contributed by atoms with van der Waals surface area (Å²) < 4.78 is 0. The van der Waals surface area contributed by atoms with Gasteiger partial charge in [-0.3, -0.25) is 9.69 Å². The van der Waals surface area contributed by atoms with Crippen molar-refractivity contribution < 1.29 is 9.90 Å². The van der Waals surface area contributed by atoms with Crippen LogP contribution < -0.4 is 0 Å². The minimum absolute atomic E-state index is 0.243. The summed E-state index contributed by atoms with van der Waals surface area (Å²) in [6.07, 6.45) is 4.22. The van der Waals surface area contributed by atoms with Crippen LogP contribution in [0.5, 0.6) is 0 Å². The summed E-state index contributed by atoms with van der Waals surface area (Å²) in [5.74, 6) is -0.591. The van der Waals surface area contributed by atoms with Crippen molar-refractivity contribution in [2.45, 2.75) is 38.6 Å². The van der Waals surface area contributed by atoms with Gasteiger partial charge in [0.05, 0.1) is 5.41 Å². The van der Waals surface area contributed by atoms with E-state index in [-0.39, 0.29) is 11.5 Å². The fraction of sp³-hybridized carbons (Fsp3) is 0.900. The van der Waals surface area contributed by atoms with E-state index in [1.807, 2.05) is 0 Å². The zero-order valence-corrected chi connectivity index (χ0v) is 8.12. The first-order valence-corrected chi connectivity index (χ1v) is 5.14. The summed E-state index contributed by atoms with van der Waals surface area (Å²) in [5.41, 5.74) is -0.385. The molecule has 1 atom stereocenters. The molecule has 0 spiro atoms. The summed E-state index contributed by atoms with van der Waals surface area (Å²) in [4.78, 5) is 13.4. The first-order chi connectivity index (χ1) is 6.17. The predicted molar refractivity (Wildman–Crippen MR) is 49.6 cm³/mol. The van der Waals surface area contributed by atoms with Crippen molar-refractivity contribution in [2.24, 2.45) is 5.41 Å². The molecule has 0 bridgehead atoms. The van der Waals surface area contributed by atoms with Crippen LogP contribution in [0.4, 0.5) is 0 Å². The van der Waals surface area contributed by atoms with Gasteiger partial charge in [0.1, 0.15) is 0 Å². The van der Waals surface area contributed by atoms with E-state index in [9.17, 15) is 4.79 Å². The number of aliphatic carboxylic acids is 1. The van der Waals surface area contributed by atoms with Gasteiger partial charge in [0.25, 0.3) is 0 Å². The van der Waals surface area contributed by atoms with E-state index < -0.39 is 5.97 Å². The molecular weight excluding hydrogens is 166 g/mol. The van der Waals surface area contributed by atoms with Gasteiger partial charge in [-0.05, 0) is 45.7 Å². The summed E-state index contributed by atoms with van der Waals surface area (Å²) in [6.45, 7) is 4.26. The van der Waals surface area contributed by atoms with E-state index in [1.165, 1.54) is 12.8 Å². The second-order valence-electron chi connectivity index (χ2n) is 4.38. The second kappa shape index (κ2) is 2.98. The highest BCUT2D eigenvalue weighted by Crippen LogP contribution is 2.51. The number of nitrogens with zero attached hydrogens (tertiary/aromatic N) is 1. The monoisotopic (exact) mass is 183 g/mol. The van der Waals surface area contributed by atoms with Crippen LogP contribution in [0.25, 0.3) is 0 Å². The quantitative estimate of drug-likeness (QED) is 0.717. The van der Waals surface area contributed by atoms with Crippen molar-refractivity contribution in [3.8, 4) is 0 Å². The molecule has 3 nitrogen and oxygen atoms in total. The standard InChI is InChI=1S/C10H17NO2/c1-8(11-6-2-3-7-11)10(4-5-10)9(12)13/h8H,2-7H2,1H3,(H,12,13). The highest BCUT2D eigenvalue weighted by atomic mass is 16.4. The first-order valence-electron chi connectivity index (χ1n) is 5.14. The van der Waals surface area contributed by atoms with E-state index in [4.69, 9.17) is 5.11 Å². The van der Waals surface area contributed by atoms with Crippen LogP contribution >= 0.6 is 0 Å².